The van der Waals surface area contributed by atoms with Crippen LogP contribution in [0.15, 0.2) is 54.9 Å². The van der Waals surface area contributed by atoms with Crippen LogP contribution in [-0.4, -0.2) is 33.2 Å². The summed E-state index contributed by atoms with van der Waals surface area (Å²) in [6, 6.07) is 14.3. The Morgan fingerprint density at radius 3 is 2.68 bits per heavy atom. The van der Waals surface area contributed by atoms with Crippen molar-refractivity contribution in [1.29, 1.82) is 5.26 Å². The van der Waals surface area contributed by atoms with E-state index in [1.807, 2.05) is 6.07 Å². The minimum absolute atomic E-state index is 0.263. The molecule has 8 nitrogen and oxygen atoms in total. The van der Waals surface area contributed by atoms with Crippen molar-refractivity contribution in [2.75, 3.05) is 11.9 Å². The van der Waals surface area contributed by atoms with Crippen molar-refractivity contribution in [1.82, 2.24) is 14.8 Å². The van der Waals surface area contributed by atoms with Gasteiger partial charge in [-0.2, -0.15) is 10.4 Å². The SMILES string of the molecule is Cc1c(C(=O)OCC(=O)Nc2ccc(CC#N)cc2)cnn1-c1ccccn1. The number of benzene rings is 1. The topological polar surface area (TPSA) is 110 Å². The van der Waals surface area contributed by atoms with Crippen LogP contribution in [0, 0.1) is 18.3 Å². The van der Waals surface area contributed by atoms with Crippen LogP contribution in [0.4, 0.5) is 5.69 Å². The molecule has 0 unspecified atom stereocenters. The van der Waals surface area contributed by atoms with E-state index < -0.39 is 18.5 Å². The number of nitrogens with zero attached hydrogens (tertiary/aromatic N) is 4. The summed E-state index contributed by atoms with van der Waals surface area (Å²) >= 11 is 0. The maximum Gasteiger partial charge on any atom is 0.342 e. The van der Waals surface area contributed by atoms with Gasteiger partial charge in [-0.3, -0.25) is 4.79 Å². The maximum atomic E-state index is 12.3. The third-order valence-corrected chi connectivity index (χ3v) is 3.95. The summed E-state index contributed by atoms with van der Waals surface area (Å²) in [6.07, 6.45) is 3.32. The summed E-state index contributed by atoms with van der Waals surface area (Å²) in [5, 5.41) is 15.4. The molecule has 0 aliphatic carbocycles. The number of hydrogen-bond donors (Lipinski definition) is 1. The summed E-state index contributed by atoms with van der Waals surface area (Å²) in [6.45, 7) is 1.30. The molecule has 1 amide bonds. The Morgan fingerprint density at radius 2 is 2.00 bits per heavy atom. The first-order valence-electron chi connectivity index (χ1n) is 8.47. The normalized spacial score (nSPS) is 10.1. The monoisotopic (exact) mass is 375 g/mol. The molecule has 2 aromatic heterocycles. The quantitative estimate of drug-likeness (QED) is 0.663. The summed E-state index contributed by atoms with van der Waals surface area (Å²) in [7, 11) is 0. The molecule has 0 aliphatic heterocycles. The van der Waals surface area contributed by atoms with E-state index in [2.05, 4.69) is 21.5 Å². The summed E-state index contributed by atoms with van der Waals surface area (Å²) in [5.41, 5.74) is 2.24. The van der Waals surface area contributed by atoms with Gasteiger partial charge in [0, 0.05) is 11.9 Å². The number of carbonyl (C=O) groups excluding carboxylic acids is 2. The van der Waals surface area contributed by atoms with E-state index in [0.29, 0.717) is 23.6 Å². The number of hydrogen-bond acceptors (Lipinski definition) is 6. The van der Waals surface area contributed by atoms with Crippen molar-refractivity contribution >= 4 is 17.6 Å². The number of anilines is 1. The molecule has 2 heterocycles. The molecule has 3 aromatic rings. The van der Waals surface area contributed by atoms with Crippen LogP contribution < -0.4 is 5.32 Å². The van der Waals surface area contributed by atoms with Gasteiger partial charge in [0.15, 0.2) is 12.4 Å². The zero-order valence-electron chi connectivity index (χ0n) is 15.1. The summed E-state index contributed by atoms with van der Waals surface area (Å²) < 4.78 is 6.61. The Hall–Kier alpha value is -3.99. The lowest BCUT2D eigenvalue weighted by Crippen LogP contribution is -2.21. The van der Waals surface area contributed by atoms with Crippen LogP contribution >= 0.6 is 0 Å². The molecule has 0 spiro atoms. The van der Waals surface area contributed by atoms with Crippen LogP contribution in [0.25, 0.3) is 5.82 Å². The van der Waals surface area contributed by atoms with Crippen molar-refractivity contribution in [3.05, 3.63) is 71.7 Å². The number of ether oxygens (including phenoxy) is 1. The van der Waals surface area contributed by atoms with Crippen molar-refractivity contribution in [3.63, 3.8) is 0 Å². The van der Waals surface area contributed by atoms with Gasteiger partial charge in [0.05, 0.1) is 24.4 Å². The predicted molar refractivity (Wildman–Crippen MR) is 101 cm³/mol. The molecule has 0 radical (unpaired) electrons. The van der Waals surface area contributed by atoms with Gasteiger partial charge in [0.1, 0.15) is 5.56 Å². The third kappa shape index (κ3) is 4.40. The number of nitrogens with one attached hydrogen (secondary N) is 1. The van der Waals surface area contributed by atoms with Crippen molar-refractivity contribution < 1.29 is 14.3 Å². The minimum atomic E-state index is -0.640. The average molecular weight is 375 g/mol. The molecule has 0 saturated carbocycles. The fourth-order valence-electron chi connectivity index (χ4n) is 2.52. The molecular weight excluding hydrogens is 358 g/mol. The number of amides is 1. The fourth-order valence-corrected chi connectivity index (χ4v) is 2.52. The summed E-state index contributed by atoms with van der Waals surface area (Å²) in [4.78, 5) is 28.5. The van der Waals surface area contributed by atoms with Gasteiger partial charge in [0.25, 0.3) is 5.91 Å². The second-order valence-corrected chi connectivity index (χ2v) is 5.90. The smallest absolute Gasteiger partial charge is 0.342 e. The predicted octanol–water partition coefficient (Wildman–Crippen LogP) is 2.44. The Bertz CT molecular complexity index is 1020. The Kier molecular flexibility index (Phi) is 5.77. The van der Waals surface area contributed by atoms with E-state index in [1.54, 1.807) is 49.5 Å². The van der Waals surface area contributed by atoms with Gasteiger partial charge in [-0.25, -0.2) is 14.5 Å². The van der Waals surface area contributed by atoms with Gasteiger partial charge < -0.3 is 10.1 Å². The van der Waals surface area contributed by atoms with Crippen LogP contribution in [-0.2, 0) is 16.0 Å². The molecular formula is C20H17N5O3. The van der Waals surface area contributed by atoms with Crippen molar-refractivity contribution in [2.24, 2.45) is 0 Å². The number of aromatic nitrogens is 3. The van der Waals surface area contributed by atoms with Gasteiger partial charge in [-0.05, 0) is 36.8 Å². The molecule has 140 valence electrons. The molecule has 0 aliphatic rings. The largest absolute Gasteiger partial charge is 0.452 e. The van der Waals surface area contributed by atoms with Gasteiger partial charge >= 0.3 is 5.97 Å². The van der Waals surface area contributed by atoms with Crippen molar-refractivity contribution in [2.45, 2.75) is 13.3 Å². The molecule has 0 fully saturated rings. The molecule has 3 rings (SSSR count). The number of pyridine rings is 1. The highest BCUT2D eigenvalue weighted by Gasteiger charge is 2.18. The fraction of sp³-hybridized carbons (Fsp3) is 0.150. The van der Waals surface area contributed by atoms with Gasteiger partial charge in [-0.1, -0.05) is 18.2 Å². The second-order valence-electron chi connectivity index (χ2n) is 5.90. The Balaban J connectivity index is 1.57. The zero-order chi connectivity index (χ0) is 19.9. The summed E-state index contributed by atoms with van der Waals surface area (Å²) in [5.74, 6) is -0.521. The molecule has 0 saturated heterocycles. The highest BCUT2D eigenvalue weighted by Crippen LogP contribution is 2.14. The molecule has 28 heavy (non-hydrogen) atoms. The highest BCUT2D eigenvalue weighted by molar-refractivity contribution is 5.95. The van der Waals surface area contributed by atoms with E-state index in [-0.39, 0.29) is 5.56 Å². The third-order valence-electron chi connectivity index (χ3n) is 3.95. The zero-order valence-corrected chi connectivity index (χ0v) is 15.1. The molecule has 1 N–H and O–H groups in total. The number of rotatable bonds is 6. The molecule has 0 atom stereocenters. The highest BCUT2D eigenvalue weighted by atomic mass is 16.5. The van der Waals surface area contributed by atoms with Crippen molar-refractivity contribution in [3.8, 4) is 11.9 Å². The molecule has 8 heteroatoms. The first-order valence-corrected chi connectivity index (χ1v) is 8.47. The maximum absolute atomic E-state index is 12.3. The average Bonchev–Trinajstić information content (AvgIpc) is 3.10. The van der Waals surface area contributed by atoms with Crippen LogP contribution in [0.5, 0.6) is 0 Å². The van der Waals surface area contributed by atoms with Crippen LogP contribution in [0.2, 0.25) is 0 Å². The lowest BCUT2D eigenvalue weighted by molar-refractivity contribution is -0.119. The number of esters is 1. The van der Waals surface area contributed by atoms with E-state index in [0.717, 1.165) is 5.56 Å². The second kappa shape index (κ2) is 8.60. The van der Waals surface area contributed by atoms with Crippen LogP contribution in [0.1, 0.15) is 21.6 Å². The van der Waals surface area contributed by atoms with E-state index in [9.17, 15) is 9.59 Å². The lowest BCUT2D eigenvalue weighted by Gasteiger charge is -2.07. The minimum Gasteiger partial charge on any atom is -0.452 e. The standard InChI is InChI=1S/C20H17N5O3/c1-14-17(12-23-25(14)18-4-2-3-11-22-18)20(27)28-13-19(26)24-16-7-5-15(6-8-16)9-10-21/h2-8,11-12H,9,13H2,1H3,(H,24,26). The van der Waals surface area contributed by atoms with Crippen LogP contribution in [0.3, 0.4) is 0 Å². The van der Waals surface area contributed by atoms with E-state index >= 15 is 0 Å². The molecule has 1 aromatic carbocycles. The first kappa shape index (κ1) is 18.8. The Labute approximate surface area is 161 Å². The first-order chi connectivity index (χ1) is 13.6. The number of carbonyl (C=O) groups is 2. The van der Waals surface area contributed by atoms with Gasteiger partial charge in [-0.15, -0.1) is 0 Å². The molecule has 0 bridgehead atoms. The van der Waals surface area contributed by atoms with E-state index in [1.165, 1.54) is 10.9 Å². The lowest BCUT2D eigenvalue weighted by atomic mass is 10.1. The Morgan fingerprint density at radius 1 is 1.21 bits per heavy atom. The number of nitriles is 1. The van der Waals surface area contributed by atoms with E-state index in [4.69, 9.17) is 10.00 Å². The van der Waals surface area contributed by atoms with Gasteiger partial charge in [0.2, 0.25) is 0 Å².